The lowest BCUT2D eigenvalue weighted by Gasteiger charge is -2.06. The van der Waals surface area contributed by atoms with Crippen LogP contribution in [0.2, 0.25) is 0 Å². The second kappa shape index (κ2) is 7.58. The number of nitrogens with one attached hydrogen (secondary N) is 3. The lowest BCUT2D eigenvalue weighted by Crippen LogP contribution is -2.23. The molecule has 1 aromatic carbocycles. The van der Waals surface area contributed by atoms with E-state index in [0.29, 0.717) is 22.2 Å². The van der Waals surface area contributed by atoms with Crippen molar-refractivity contribution in [2.24, 2.45) is 9.98 Å². The number of hydrogen-bond donors (Lipinski definition) is 4. The van der Waals surface area contributed by atoms with Crippen LogP contribution in [0.1, 0.15) is 24.1 Å². The van der Waals surface area contributed by atoms with E-state index in [1.54, 1.807) is 12.3 Å². The number of fused-ring (bicyclic) bond motifs is 1. The van der Waals surface area contributed by atoms with Crippen molar-refractivity contribution in [2.75, 3.05) is 13.1 Å². The molecule has 12 heteroatoms. The Bertz CT molecular complexity index is 1560. The minimum absolute atomic E-state index is 0.118. The van der Waals surface area contributed by atoms with Crippen molar-refractivity contribution in [2.45, 2.75) is 18.9 Å². The fraction of sp³-hybridized carbons (Fsp3) is 0.238. The molecule has 33 heavy (non-hydrogen) atoms. The van der Waals surface area contributed by atoms with Gasteiger partial charge in [-0.05, 0) is 43.2 Å². The van der Waals surface area contributed by atoms with E-state index in [9.17, 15) is 9.90 Å². The topological polar surface area (TPSA) is 158 Å². The number of rotatable bonds is 5. The number of nitrogens with zero attached hydrogens (tertiary/aromatic N) is 6. The molecular formula is C21H19N9O3. The number of imidazole rings is 1. The SMILES string of the molecule is O=c1[nH]c(O)c(/C=c2\cnn3c(=NC4CC4)nc(Oc4ccc(C5=NCCN5)cc4)nc23)[nH]1. The van der Waals surface area contributed by atoms with Crippen LogP contribution in [0, 0.1) is 0 Å². The van der Waals surface area contributed by atoms with Crippen molar-refractivity contribution in [3.63, 3.8) is 0 Å². The number of aromatic amines is 2. The highest BCUT2D eigenvalue weighted by Crippen LogP contribution is 2.23. The van der Waals surface area contributed by atoms with Gasteiger partial charge in [0, 0.05) is 17.3 Å². The lowest BCUT2D eigenvalue weighted by atomic mass is 10.2. The molecule has 2 aliphatic rings. The molecule has 0 spiro atoms. The van der Waals surface area contributed by atoms with E-state index in [-0.39, 0.29) is 23.6 Å². The quantitative estimate of drug-likeness (QED) is 0.325. The van der Waals surface area contributed by atoms with Gasteiger partial charge in [0.25, 0.3) is 5.62 Å². The normalized spacial score (nSPS) is 16.9. The zero-order valence-electron chi connectivity index (χ0n) is 17.3. The van der Waals surface area contributed by atoms with Crippen LogP contribution >= 0.6 is 0 Å². The third-order valence-corrected chi connectivity index (χ3v) is 5.25. The minimum Gasteiger partial charge on any atom is -0.493 e. The molecule has 4 heterocycles. The Morgan fingerprint density at radius 2 is 2.03 bits per heavy atom. The molecule has 0 amide bonds. The zero-order valence-corrected chi connectivity index (χ0v) is 17.3. The molecule has 1 aliphatic heterocycles. The van der Waals surface area contributed by atoms with E-state index in [1.807, 2.05) is 24.3 Å². The second-order valence-electron chi connectivity index (χ2n) is 7.77. The maximum atomic E-state index is 11.5. The molecule has 0 saturated heterocycles. The van der Waals surface area contributed by atoms with Crippen LogP contribution in [0.25, 0.3) is 11.7 Å². The second-order valence-corrected chi connectivity index (χ2v) is 7.77. The maximum absolute atomic E-state index is 11.5. The van der Waals surface area contributed by atoms with Gasteiger partial charge in [-0.25, -0.2) is 9.79 Å². The van der Waals surface area contributed by atoms with Gasteiger partial charge in [-0.15, -0.1) is 0 Å². The Hall–Kier alpha value is -4.48. The highest BCUT2D eigenvalue weighted by atomic mass is 16.5. The van der Waals surface area contributed by atoms with Crippen molar-refractivity contribution in [3.05, 3.63) is 63.0 Å². The first-order chi connectivity index (χ1) is 16.1. The maximum Gasteiger partial charge on any atom is 0.327 e. The molecule has 0 bridgehead atoms. The number of benzene rings is 1. The van der Waals surface area contributed by atoms with E-state index >= 15 is 0 Å². The average molecular weight is 445 g/mol. The number of aromatic nitrogens is 6. The van der Waals surface area contributed by atoms with Crippen LogP contribution in [0.3, 0.4) is 0 Å². The fourth-order valence-electron chi connectivity index (χ4n) is 3.48. The largest absolute Gasteiger partial charge is 0.493 e. The van der Waals surface area contributed by atoms with E-state index in [0.717, 1.165) is 37.3 Å². The summed E-state index contributed by atoms with van der Waals surface area (Å²) in [5.74, 6) is 1.17. The first-order valence-corrected chi connectivity index (χ1v) is 10.5. The number of hydrogen-bond acceptors (Lipinski definition) is 9. The zero-order chi connectivity index (χ0) is 22.4. The molecule has 4 N–H and O–H groups in total. The molecule has 12 nitrogen and oxygen atoms in total. The molecular weight excluding hydrogens is 426 g/mol. The summed E-state index contributed by atoms with van der Waals surface area (Å²) in [5, 5.41) is 18.0. The van der Waals surface area contributed by atoms with E-state index in [1.165, 1.54) is 4.52 Å². The molecule has 6 rings (SSSR count). The van der Waals surface area contributed by atoms with Crippen LogP contribution in [0.4, 0.5) is 0 Å². The van der Waals surface area contributed by atoms with Crippen LogP contribution < -0.4 is 26.6 Å². The predicted molar refractivity (Wildman–Crippen MR) is 117 cm³/mol. The molecule has 3 aromatic heterocycles. The van der Waals surface area contributed by atoms with Crippen molar-refractivity contribution >= 4 is 17.6 Å². The van der Waals surface area contributed by atoms with E-state index < -0.39 is 5.69 Å². The Morgan fingerprint density at radius 3 is 2.73 bits per heavy atom. The van der Waals surface area contributed by atoms with Crippen LogP contribution in [0.15, 0.2) is 45.2 Å². The Morgan fingerprint density at radius 1 is 1.18 bits per heavy atom. The Kier molecular flexibility index (Phi) is 4.42. The highest BCUT2D eigenvalue weighted by Gasteiger charge is 2.21. The number of aliphatic imine (C=N–C) groups is 1. The van der Waals surface area contributed by atoms with Gasteiger partial charge in [0.15, 0.2) is 5.65 Å². The summed E-state index contributed by atoms with van der Waals surface area (Å²) in [6.45, 7) is 1.61. The summed E-state index contributed by atoms with van der Waals surface area (Å²) in [6, 6.07) is 7.82. The van der Waals surface area contributed by atoms with Gasteiger partial charge in [0.2, 0.25) is 5.88 Å². The summed E-state index contributed by atoms with van der Waals surface area (Å²) >= 11 is 0. The number of amidine groups is 1. The van der Waals surface area contributed by atoms with Crippen molar-refractivity contribution in [1.29, 1.82) is 0 Å². The predicted octanol–water partition coefficient (Wildman–Crippen LogP) is -0.401. The number of H-pyrrole nitrogens is 2. The molecule has 1 aliphatic carbocycles. The lowest BCUT2D eigenvalue weighted by molar-refractivity contribution is 0.435. The molecule has 166 valence electrons. The molecule has 0 radical (unpaired) electrons. The van der Waals surface area contributed by atoms with Gasteiger partial charge in [-0.3, -0.25) is 9.98 Å². The fourth-order valence-corrected chi connectivity index (χ4v) is 3.48. The minimum atomic E-state index is -0.513. The van der Waals surface area contributed by atoms with Crippen LogP contribution in [-0.2, 0) is 0 Å². The third kappa shape index (κ3) is 3.82. The summed E-state index contributed by atoms with van der Waals surface area (Å²) in [6.07, 6.45) is 5.13. The molecule has 0 atom stereocenters. The molecule has 1 saturated carbocycles. The summed E-state index contributed by atoms with van der Waals surface area (Å²) in [4.78, 5) is 34.3. The molecule has 4 aromatic rings. The van der Waals surface area contributed by atoms with Crippen LogP contribution in [-0.4, -0.2) is 59.6 Å². The highest BCUT2D eigenvalue weighted by molar-refractivity contribution is 5.99. The first-order valence-electron chi connectivity index (χ1n) is 10.5. The number of ether oxygens (including phenoxy) is 1. The van der Waals surface area contributed by atoms with Crippen LogP contribution in [0.5, 0.6) is 17.6 Å². The number of aromatic hydroxyl groups is 1. The third-order valence-electron chi connectivity index (χ3n) is 5.25. The van der Waals surface area contributed by atoms with Gasteiger partial charge in [0.05, 0.1) is 18.8 Å². The van der Waals surface area contributed by atoms with Gasteiger partial charge >= 0.3 is 11.7 Å². The van der Waals surface area contributed by atoms with Crippen molar-refractivity contribution in [1.82, 2.24) is 34.9 Å². The molecule has 1 fully saturated rings. The summed E-state index contributed by atoms with van der Waals surface area (Å²) < 4.78 is 7.46. The van der Waals surface area contributed by atoms with Gasteiger partial charge in [0.1, 0.15) is 17.3 Å². The standard InChI is InChI=1S/C21H19N9O3/c31-18-15(26-20(32)28-18)9-12-10-24-30-17(12)27-21(29-19(30)25-13-3-4-13)33-14-5-1-11(2-6-14)16-22-7-8-23-16/h1-2,5-6,9-10,13,31H,3-4,7-8H2,(H,22,23)(H2,26,28,32)/b12-9+,25-19?. The molecule has 0 unspecified atom stereocenters. The van der Waals surface area contributed by atoms with E-state index in [2.05, 4.69) is 40.3 Å². The van der Waals surface area contributed by atoms with E-state index in [4.69, 9.17) is 4.74 Å². The summed E-state index contributed by atoms with van der Waals surface area (Å²) in [5.41, 5.74) is 1.50. The Labute approximate surface area is 185 Å². The van der Waals surface area contributed by atoms with Crippen molar-refractivity contribution < 1.29 is 9.84 Å². The van der Waals surface area contributed by atoms with Gasteiger partial charge in [-0.2, -0.15) is 19.6 Å². The van der Waals surface area contributed by atoms with Crippen molar-refractivity contribution in [3.8, 4) is 17.6 Å². The smallest absolute Gasteiger partial charge is 0.327 e. The average Bonchev–Trinajstić information content (AvgIpc) is 3.17. The van der Waals surface area contributed by atoms with Gasteiger partial charge in [-0.1, -0.05) is 0 Å². The first kappa shape index (κ1) is 19.2. The summed E-state index contributed by atoms with van der Waals surface area (Å²) in [7, 11) is 0. The monoisotopic (exact) mass is 445 g/mol. The Balaban J connectivity index is 1.41. The van der Waals surface area contributed by atoms with Gasteiger partial charge < -0.3 is 20.1 Å².